The zero-order chi connectivity index (χ0) is 16.6. The molecule has 0 saturated heterocycles. The molecule has 0 bridgehead atoms. The molecular formula is C17H22N6. The van der Waals surface area contributed by atoms with Crippen LogP contribution < -0.4 is 10.2 Å². The van der Waals surface area contributed by atoms with E-state index in [1.54, 1.807) is 10.9 Å². The first kappa shape index (κ1) is 15.3. The smallest absolute Gasteiger partial charge is 0.163 e. The highest BCUT2D eigenvalue weighted by Crippen LogP contribution is 2.22. The van der Waals surface area contributed by atoms with Crippen LogP contribution in [0.3, 0.4) is 0 Å². The fraction of sp³-hybridized carbons (Fsp3) is 0.353. The molecule has 1 N–H and O–H groups in total. The van der Waals surface area contributed by atoms with E-state index < -0.39 is 0 Å². The van der Waals surface area contributed by atoms with Crippen molar-refractivity contribution >= 4 is 22.5 Å². The number of hydrogen-bond acceptors (Lipinski definition) is 5. The predicted molar refractivity (Wildman–Crippen MR) is 93.9 cm³/mol. The van der Waals surface area contributed by atoms with E-state index in [9.17, 15) is 0 Å². The number of nitrogens with zero attached hydrogens (tertiary/aromatic N) is 5. The van der Waals surface area contributed by atoms with Crippen LogP contribution in [0.2, 0.25) is 0 Å². The summed E-state index contributed by atoms with van der Waals surface area (Å²) in [4.78, 5) is 11.1. The maximum atomic E-state index is 4.51. The van der Waals surface area contributed by atoms with Gasteiger partial charge in [-0.15, -0.1) is 0 Å². The van der Waals surface area contributed by atoms with E-state index in [0.717, 1.165) is 29.2 Å². The van der Waals surface area contributed by atoms with Gasteiger partial charge in [0.2, 0.25) is 0 Å². The van der Waals surface area contributed by atoms with E-state index in [2.05, 4.69) is 64.5 Å². The highest BCUT2D eigenvalue weighted by molar-refractivity contribution is 5.86. The van der Waals surface area contributed by atoms with Gasteiger partial charge in [-0.3, -0.25) is 4.68 Å². The molecule has 0 unspecified atom stereocenters. The first-order chi connectivity index (χ1) is 11.0. The summed E-state index contributed by atoms with van der Waals surface area (Å²) in [5.74, 6) is 1.57. The Morgan fingerprint density at radius 1 is 1.17 bits per heavy atom. The summed E-state index contributed by atoms with van der Waals surface area (Å²) >= 11 is 0. The molecule has 3 rings (SSSR count). The number of aromatic nitrogens is 4. The van der Waals surface area contributed by atoms with Gasteiger partial charge in [0, 0.05) is 33.4 Å². The molecule has 0 amide bonds. The number of hydrogen-bond donors (Lipinski definition) is 1. The van der Waals surface area contributed by atoms with Gasteiger partial charge in [0.1, 0.15) is 11.6 Å². The maximum absolute atomic E-state index is 4.51. The minimum Gasteiger partial charge on any atom is -0.377 e. The Kier molecular flexibility index (Phi) is 3.90. The van der Waals surface area contributed by atoms with Gasteiger partial charge in [-0.25, -0.2) is 9.97 Å². The van der Waals surface area contributed by atoms with Gasteiger partial charge < -0.3 is 10.2 Å². The van der Waals surface area contributed by atoms with Gasteiger partial charge in [-0.1, -0.05) is 12.1 Å². The maximum Gasteiger partial charge on any atom is 0.163 e. The molecule has 0 aliphatic heterocycles. The molecule has 3 aromatic rings. The summed E-state index contributed by atoms with van der Waals surface area (Å²) in [5, 5.41) is 8.63. The third-order valence-corrected chi connectivity index (χ3v) is 3.91. The molecule has 6 heteroatoms. The number of nitrogens with one attached hydrogen (secondary N) is 1. The fourth-order valence-electron chi connectivity index (χ4n) is 2.78. The van der Waals surface area contributed by atoms with Crippen molar-refractivity contribution < 1.29 is 0 Å². The first-order valence-corrected chi connectivity index (χ1v) is 7.63. The van der Waals surface area contributed by atoms with Crippen LogP contribution in [0.1, 0.15) is 17.0 Å². The van der Waals surface area contributed by atoms with Crippen molar-refractivity contribution in [2.75, 3.05) is 24.3 Å². The topological polar surface area (TPSA) is 58.9 Å². The summed E-state index contributed by atoms with van der Waals surface area (Å²) in [7, 11) is 6.01. The molecular weight excluding hydrogens is 288 g/mol. The largest absolute Gasteiger partial charge is 0.377 e. The lowest BCUT2D eigenvalue weighted by Crippen LogP contribution is -2.11. The third-order valence-electron chi connectivity index (χ3n) is 3.91. The summed E-state index contributed by atoms with van der Waals surface area (Å²) in [5.41, 5.74) is 4.57. The van der Waals surface area contributed by atoms with Crippen molar-refractivity contribution in [3.8, 4) is 0 Å². The van der Waals surface area contributed by atoms with Crippen molar-refractivity contribution in [3.63, 3.8) is 0 Å². The Balaban J connectivity index is 1.85. The van der Waals surface area contributed by atoms with Crippen LogP contribution in [-0.4, -0.2) is 33.8 Å². The molecule has 120 valence electrons. The zero-order valence-electron chi connectivity index (χ0n) is 14.3. The molecule has 2 heterocycles. The van der Waals surface area contributed by atoms with Crippen molar-refractivity contribution in [1.82, 2.24) is 19.7 Å². The van der Waals surface area contributed by atoms with Crippen molar-refractivity contribution in [3.05, 3.63) is 41.3 Å². The Bertz CT molecular complexity index is 850. The van der Waals surface area contributed by atoms with E-state index in [-0.39, 0.29) is 0 Å². The van der Waals surface area contributed by atoms with Crippen LogP contribution in [-0.2, 0) is 13.6 Å². The molecule has 2 aromatic heterocycles. The molecule has 1 aromatic carbocycles. The standard InChI is InChI=1S/C17H22N6/c1-11-8-13(6-7-15(11)22(3)4)9-18-16-14-10-19-23(5)17(14)21-12(2)20-16/h6-8,10H,9H2,1-5H3,(H,18,20,21). The highest BCUT2D eigenvalue weighted by Gasteiger charge is 2.10. The summed E-state index contributed by atoms with van der Waals surface area (Å²) in [6, 6.07) is 6.50. The Morgan fingerprint density at radius 3 is 2.65 bits per heavy atom. The molecule has 0 atom stereocenters. The van der Waals surface area contributed by atoms with Crippen molar-refractivity contribution in [2.24, 2.45) is 7.05 Å². The van der Waals surface area contributed by atoms with Crippen molar-refractivity contribution in [1.29, 1.82) is 0 Å². The zero-order valence-corrected chi connectivity index (χ0v) is 14.3. The fourth-order valence-corrected chi connectivity index (χ4v) is 2.78. The van der Waals surface area contributed by atoms with Gasteiger partial charge in [-0.2, -0.15) is 5.10 Å². The van der Waals surface area contributed by atoms with Crippen LogP contribution in [0, 0.1) is 13.8 Å². The number of aryl methyl sites for hydroxylation is 3. The molecule has 0 aliphatic carbocycles. The monoisotopic (exact) mass is 310 g/mol. The quantitative estimate of drug-likeness (QED) is 0.803. The van der Waals surface area contributed by atoms with Gasteiger partial charge in [0.25, 0.3) is 0 Å². The predicted octanol–water partition coefficient (Wildman–Crippen LogP) is 2.66. The summed E-state index contributed by atoms with van der Waals surface area (Å²) < 4.78 is 1.77. The van der Waals surface area contributed by atoms with E-state index >= 15 is 0 Å². The van der Waals surface area contributed by atoms with Gasteiger partial charge in [-0.05, 0) is 31.0 Å². The molecule has 6 nitrogen and oxygen atoms in total. The lowest BCUT2D eigenvalue weighted by Gasteiger charge is -2.16. The van der Waals surface area contributed by atoms with Crippen molar-refractivity contribution in [2.45, 2.75) is 20.4 Å². The summed E-state index contributed by atoms with van der Waals surface area (Å²) in [6.07, 6.45) is 1.80. The minimum absolute atomic E-state index is 0.717. The van der Waals surface area contributed by atoms with Crippen LogP contribution >= 0.6 is 0 Å². The summed E-state index contributed by atoms with van der Waals surface area (Å²) in [6.45, 7) is 4.75. The minimum atomic E-state index is 0.717. The van der Waals surface area contributed by atoms with E-state index in [1.807, 2.05) is 14.0 Å². The van der Waals surface area contributed by atoms with Gasteiger partial charge in [0.05, 0.1) is 11.6 Å². The Morgan fingerprint density at radius 2 is 1.96 bits per heavy atom. The van der Waals surface area contributed by atoms with Crippen LogP contribution in [0.4, 0.5) is 11.5 Å². The van der Waals surface area contributed by atoms with Gasteiger partial charge in [0.15, 0.2) is 5.65 Å². The molecule has 0 radical (unpaired) electrons. The Labute approximate surface area is 136 Å². The number of benzene rings is 1. The molecule has 23 heavy (non-hydrogen) atoms. The second-order valence-electron chi connectivity index (χ2n) is 5.99. The average Bonchev–Trinajstić information content (AvgIpc) is 2.86. The number of fused-ring (bicyclic) bond motifs is 1. The van der Waals surface area contributed by atoms with E-state index in [0.29, 0.717) is 0 Å². The lowest BCUT2D eigenvalue weighted by molar-refractivity contribution is 0.783. The second kappa shape index (κ2) is 5.87. The number of anilines is 2. The molecule has 0 saturated carbocycles. The van der Waals surface area contributed by atoms with E-state index in [1.165, 1.54) is 16.8 Å². The number of rotatable bonds is 4. The highest BCUT2D eigenvalue weighted by atomic mass is 15.3. The Hall–Kier alpha value is -2.63. The second-order valence-corrected chi connectivity index (χ2v) is 5.99. The normalized spacial score (nSPS) is 11.0. The van der Waals surface area contributed by atoms with E-state index in [4.69, 9.17) is 0 Å². The SMILES string of the molecule is Cc1nc(NCc2ccc(N(C)C)c(C)c2)c2cnn(C)c2n1. The third kappa shape index (κ3) is 2.97. The average molecular weight is 310 g/mol. The van der Waals surface area contributed by atoms with Crippen LogP contribution in [0.15, 0.2) is 24.4 Å². The molecule has 0 spiro atoms. The van der Waals surface area contributed by atoms with Crippen LogP contribution in [0.5, 0.6) is 0 Å². The molecule has 0 fully saturated rings. The molecule has 0 aliphatic rings. The first-order valence-electron chi connectivity index (χ1n) is 7.63. The van der Waals surface area contributed by atoms with Crippen LogP contribution in [0.25, 0.3) is 11.0 Å². The lowest BCUT2D eigenvalue weighted by atomic mass is 10.1. The van der Waals surface area contributed by atoms with Gasteiger partial charge >= 0.3 is 0 Å².